The van der Waals surface area contributed by atoms with Crippen molar-refractivity contribution in [3.63, 3.8) is 0 Å². The van der Waals surface area contributed by atoms with Crippen molar-refractivity contribution in [2.75, 3.05) is 7.11 Å². The van der Waals surface area contributed by atoms with Gasteiger partial charge in [-0.25, -0.2) is 0 Å². The fourth-order valence-electron chi connectivity index (χ4n) is 1.48. The Morgan fingerprint density at radius 1 is 1.32 bits per heavy atom. The van der Waals surface area contributed by atoms with Gasteiger partial charge in [-0.3, -0.25) is 4.79 Å². The van der Waals surface area contributed by atoms with E-state index in [1.54, 1.807) is 25.1 Å². The van der Waals surface area contributed by atoms with Gasteiger partial charge in [-0.2, -0.15) is 5.26 Å². The number of nitriles is 1. The van der Waals surface area contributed by atoms with Gasteiger partial charge in [-0.15, -0.1) is 0 Å². The second-order valence-corrected chi connectivity index (χ2v) is 4.40. The molecule has 0 saturated heterocycles. The normalized spacial score (nSPS) is 11.6. The first kappa shape index (κ1) is 14.8. The van der Waals surface area contributed by atoms with Crippen molar-refractivity contribution in [3.8, 4) is 17.6 Å². The number of nitrogens with one attached hydrogen (secondary N) is 1. The number of hydrogen-bond donors (Lipinski definition) is 1. The molecule has 0 unspecified atom stereocenters. The van der Waals surface area contributed by atoms with Crippen LogP contribution in [0, 0.1) is 11.3 Å². The third-order valence-corrected chi connectivity index (χ3v) is 2.40. The molecular weight excluding hydrogens is 244 g/mol. The Morgan fingerprint density at radius 3 is 2.53 bits per heavy atom. The zero-order chi connectivity index (χ0) is 14.4. The smallest absolute Gasteiger partial charge is 0.260 e. The van der Waals surface area contributed by atoms with Crippen molar-refractivity contribution in [3.05, 3.63) is 23.8 Å². The fraction of sp³-hybridized carbons (Fsp3) is 0.429. The minimum absolute atomic E-state index is 0.0569. The van der Waals surface area contributed by atoms with E-state index in [0.717, 1.165) is 0 Å². The minimum Gasteiger partial charge on any atom is -0.493 e. The van der Waals surface area contributed by atoms with E-state index in [0.29, 0.717) is 17.1 Å². The molecule has 0 heterocycles. The number of rotatable bonds is 5. The molecule has 1 aromatic rings. The number of amides is 1. The summed E-state index contributed by atoms with van der Waals surface area (Å²) in [6.45, 7) is 5.43. The van der Waals surface area contributed by atoms with E-state index in [1.807, 2.05) is 19.9 Å². The van der Waals surface area contributed by atoms with Gasteiger partial charge in [-0.05, 0) is 32.9 Å². The van der Waals surface area contributed by atoms with Crippen molar-refractivity contribution < 1.29 is 14.3 Å². The maximum Gasteiger partial charge on any atom is 0.260 e. The van der Waals surface area contributed by atoms with Crippen LogP contribution in [-0.4, -0.2) is 25.2 Å². The quantitative estimate of drug-likeness (QED) is 0.879. The molecular formula is C14H18N2O3. The summed E-state index contributed by atoms with van der Waals surface area (Å²) < 4.78 is 10.7. The molecule has 5 heteroatoms. The topological polar surface area (TPSA) is 71.3 Å². The van der Waals surface area contributed by atoms with Gasteiger partial charge in [0.2, 0.25) is 0 Å². The van der Waals surface area contributed by atoms with Crippen LogP contribution in [0.2, 0.25) is 0 Å². The maximum absolute atomic E-state index is 11.8. The maximum atomic E-state index is 11.8. The molecule has 1 rings (SSSR count). The highest BCUT2D eigenvalue weighted by Gasteiger charge is 2.17. The van der Waals surface area contributed by atoms with E-state index in [9.17, 15) is 4.79 Å². The SMILES string of the molecule is COc1cc(C#N)ccc1O[C@@H](C)C(=O)NC(C)C. The summed E-state index contributed by atoms with van der Waals surface area (Å²) in [7, 11) is 1.49. The molecule has 0 aromatic heterocycles. The van der Waals surface area contributed by atoms with Crippen molar-refractivity contribution in [2.45, 2.75) is 32.9 Å². The first-order valence-electron chi connectivity index (χ1n) is 6.03. The molecule has 1 N–H and O–H groups in total. The first-order valence-corrected chi connectivity index (χ1v) is 6.03. The van der Waals surface area contributed by atoms with E-state index < -0.39 is 6.10 Å². The van der Waals surface area contributed by atoms with E-state index in [4.69, 9.17) is 14.7 Å². The summed E-state index contributed by atoms with van der Waals surface area (Å²) >= 11 is 0. The van der Waals surface area contributed by atoms with Crippen LogP contribution in [0.1, 0.15) is 26.3 Å². The van der Waals surface area contributed by atoms with Gasteiger partial charge in [0.15, 0.2) is 17.6 Å². The Balaban J connectivity index is 2.82. The predicted molar refractivity (Wildman–Crippen MR) is 71.1 cm³/mol. The van der Waals surface area contributed by atoms with E-state index in [2.05, 4.69) is 5.32 Å². The van der Waals surface area contributed by atoms with Crippen molar-refractivity contribution >= 4 is 5.91 Å². The Hall–Kier alpha value is -2.22. The summed E-state index contributed by atoms with van der Waals surface area (Å²) in [4.78, 5) is 11.8. The molecule has 1 atom stereocenters. The van der Waals surface area contributed by atoms with Crippen LogP contribution in [0.4, 0.5) is 0 Å². The molecule has 19 heavy (non-hydrogen) atoms. The molecule has 0 bridgehead atoms. The second kappa shape index (κ2) is 6.64. The Morgan fingerprint density at radius 2 is 2.00 bits per heavy atom. The number of carbonyl (C=O) groups excluding carboxylic acids is 1. The van der Waals surface area contributed by atoms with E-state index in [-0.39, 0.29) is 11.9 Å². The van der Waals surface area contributed by atoms with Gasteiger partial charge in [0.1, 0.15) is 0 Å². The molecule has 0 fully saturated rings. The summed E-state index contributed by atoms with van der Waals surface area (Å²) in [5, 5.41) is 11.6. The highest BCUT2D eigenvalue weighted by atomic mass is 16.5. The molecule has 1 amide bonds. The zero-order valence-electron chi connectivity index (χ0n) is 11.6. The summed E-state index contributed by atoms with van der Waals surface area (Å²) in [5.74, 6) is 0.678. The van der Waals surface area contributed by atoms with Gasteiger partial charge in [0.05, 0.1) is 18.7 Å². The molecule has 0 aliphatic carbocycles. The Kier molecular flexibility index (Phi) is 5.19. The predicted octanol–water partition coefficient (Wildman–Crippen LogP) is 1.86. The summed E-state index contributed by atoms with van der Waals surface area (Å²) in [6, 6.07) is 6.88. The lowest BCUT2D eigenvalue weighted by atomic mass is 10.2. The second-order valence-electron chi connectivity index (χ2n) is 4.40. The van der Waals surface area contributed by atoms with Gasteiger partial charge in [0.25, 0.3) is 5.91 Å². The van der Waals surface area contributed by atoms with Crippen LogP contribution < -0.4 is 14.8 Å². The highest BCUT2D eigenvalue weighted by molar-refractivity contribution is 5.81. The Bertz CT molecular complexity index is 492. The largest absolute Gasteiger partial charge is 0.493 e. The third-order valence-electron chi connectivity index (χ3n) is 2.40. The fourth-order valence-corrected chi connectivity index (χ4v) is 1.48. The van der Waals surface area contributed by atoms with Crippen molar-refractivity contribution in [1.29, 1.82) is 5.26 Å². The van der Waals surface area contributed by atoms with Gasteiger partial charge < -0.3 is 14.8 Å². The standard InChI is InChI=1S/C14H18N2O3/c1-9(2)16-14(17)10(3)19-12-6-5-11(8-15)7-13(12)18-4/h5-7,9-10H,1-4H3,(H,16,17)/t10-/m0/s1. The molecule has 0 aliphatic rings. The Labute approximate surface area is 113 Å². The lowest BCUT2D eigenvalue weighted by Gasteiger charge is -2.18. The minimum atomic E-state index is -0.635. The van der Waals surface area contributed by atoms with Crippen LogP contribution in [0.5, 0.6) is 11.5 Å². The molecule has 102 valence electrons. The van der Waals surface area contributed by atoms with Crippen LogP contribution in [0.25, 0.3) is 0 Å². The molecule has 5 nitrogen and oxygen atoms in total. The number of ether oxygens (including phenoxy) is 2. The number of benzene rings is 1. The number of carbonyl (C=O) groups is 1. The van der Waals surface area contributed by atoms with Crippen LogP contribution in [0.3, 0.4) is 0 Å². The average Bonchev–Trinajstić information content (AvgIpc) is 2.38. The van der Waals surface area contributed by atoms with Gasteiger partial charge in [0, 0.05) is 12.1 Å². The highest BCUT2D eigenvalue weighted by Crippen LogP contribution is 2.28. The van der Waals surface area contributed by atoms with Crippen molar-refractivity contribution in [2.24, 2.45) is 0 Å². The molecule has 0 aliphatic heterocycles. The lowest BCUT2D eigenvalue weighted by molar-refractivity contribution is -0.127. The van der Waals surface area contributed by atoms with Crippen LogP contribution in [0.15, 0.2) is 18.2 Å². The average molecular weight is 262 g/mol. The monoisotopic (exact) mass is 262 g/mol. The van der Waals surface area contributed by atoms with Crippen LogP contribution in [-0.2, 0) is 4.79 Å². The summed E-state index contributed by atoms with van der Waals surface area (Å²) in [6.07, 6.45) is -0.635. The number of methoxy groups -OCH3 is 1. The lowest BCUT2D eigenvalue weighted by Crippen LogP contribution is -2.40. The third kappa shape index (κ3) is 4.18. The first-order chi connectivity index (χ1) is 8.97. The summed E-state index contributed by atoms with van der Waals surface area (Å²) in [5.41, 5.74) is 0.475. The van der Waals surface area contributed by atoms with E-state index >= 15 is 0 Å². The molecule has 0 radical (unpaired) electrons. The molecule has 0 saturated carbocycles. The molecule has 1 aromatic carbocycles. The zero-order valence-corrected chi connectivity index (χ0v) is 11.6. The van der Waals surface area contributed by atoms with Crippen LogP contribution >= 0.6 is 0 Å². The number of hydrogen-bond acceptors (Lipinski definition) is 4. The van der Waals surface area contributed by atoms with Gasteiger partial charge in [-0.1, -0.05) is 0 Å². The van der Waals surface area contributed by atoms with E-state index in [1.165, 1.54) is 7.11 Å². The number of nitrogens with zero attached hydrogens (tertiary/aromatic N) is 1. The molecule has 0 spiro atoms. The van der Waals surface area contributed by atoms with Crippen molar-refractivity contribution in [1.82, 2.24) is 5.32 Å². The van der Waals surface area contributed by atoms with Gasteiger partial charge >= 0.3 is 0 Å².